The average Bonchev–Trinajstić information content (AvgIpc) is 2.88. The molecule has 0 N–H and O–H groups in total. The van der Waals surface area contributed by atoms with Gasteiger partial charge in [0.2, 0.25) is 0 Å². The molecule has 106 valence electrons. The van der Waals surface area contributed by atoms with Crippen LogP contribution >= 0.6 is 11.3 Å². The maximum atomic E-state index is 2.57. The third kappa shape index (κ3) is 3.69. The van der Waals surface area contributed by atoms with Gasteiger partial charge in [0.25, 0.3) is 0 Å². The van der Waals surface area contributed by atoms with E-state index in [1.165, 1.54) is 42.2 Å². The summed E-state index contributed by atoms with van der Waals surface area (Å²) in [6.45, 7) is 9.11. The molecular weight excluding hydrogens is 264 g/mol. The quantitative estimate of drug-likeness (QED) is 0.850. The Bertz CT molecular complexity index is 527. The van der Waals surface area contributed by atoms with Gasteiger partial charge >= 0.3 is 0 Å². The molecule has 1 saturated heterocycles. The molecule has 1 aromatic heterocycles. The van der Waals surface area contributed by atoms with Crippen LogP contribution in [0.3, 0.4) is 0 Å². The van der Waals surface area contributed by atoms with E-state index in [1.807, 2.05) is 11.3 Å². The summed E-state index contributed by atoms with van der Waals surface area (Å²) in [5, 5.41) is 2.30. The number of hydrogen-bond donors (Lipinski definition) is 0. The highest BCUT2D eigenvalue weighted by molar-refractivity contribution is 7.10. The molecule has 3 heteroatoms. The Kier molecular flexibility index (Phi) is 4.51. The fraction of sp³-hybridized carbons (Fsp3) is 0.412. The van der Waals surface area contributed by atoms with Crippen LogP contribution in [0.5, 0.6) is 0 Å². The molecule has 2 heterocycles. The Balaban J connectivity index is 1.47. The van der Waals surface area contributed by atoms with Crippen molar-refractivity contribution >= 4 is 11.3 Å². The summed E-state index contributed by atoms with van der Waals surface area (Å²) < 4.78 is 0. The molecule has 0 spiro atoms. The predicted octanol–water partition coefficient (Wildman–Crippen LogP) is 3.37. The Morgan fingerprint density at radius 3 is 2.05 bits per heavy atom. The van der Waals surface area contributed by atoms with Crippen LogP contribution in [0.25, 0.3) is 0 Å². The smallest absolute Gasteiger partial charge is 0.0243 e. The highest BCUT2D eigenvalue weighted by Gasteiger charge is 2.17. The molecule has 0 unspecified atom stereocenters. The molecule has 3 rings (SSSR count). The minimum Gasteiger partial charge on any atom is -0.297 e. The number of piperazine rings is 1. The van der Waals surface area contributed by atoms with Crippen LogP contribution in [0.2, 0.25) is 0 Å². The van der Waals surface area contributed by atoms with Crippen molar-refractivity contribution in [2.45, 2.75) is 20.0 Å². The zero-order chi connectivity index (χ0) is 13.8. The van der Waals surface area contributed by atoms with E-state index >= 15 is 0 Å². The monoisotopic (exact) mass is 286 g/mol. The second kappa shape index (κ2) is 6.53. The van der Waals surface area contributed by atoms with E-state index in [9.17, 15) is 0 Å². The predicted molar refractivity (Wildman–Crippen MR) is 86.1 cm³/mol. The molecule has 20 heavy (non-hydrogen) atoms. The first kappa shape index (κ1) is 13.8. The minimum absolute atomic E-state index is 1.09. The van der Waals surface area contributed by atoms with Gasteiger partial charge in [-0.3, -0.25) is 9.80 Å². The molecule has 0 aliphatic carbocycles. The fourth-order valence-corrected chi connectivity index (χ4v) is 3.49. The van der Waals surface area contributed by atoms with Crippen LogP contribution < -0.4 is 0 Å². The number of thiophene rings is 1. The van der Waals surface area contributed by atoms with Crippen molar-refractivity contribution in [3.8, 4) is 0 Å². The van der Waals surface area contributed by atoms with Gasteiger partial charge in [0, 0.05) is 44.1 Å². The molecule has 1 fully saturated rings. The molecule has 0 bridgehead atoms. The molecule has 0 amide bonds. The van der Waals surface area contributed by atoms with E-state index in [-0.39, 0.29) is 0 Å². The lowest BCUT2D eigenvalue weighted by molar-refractivity contribution is 0.122. The van der Waals surface area contributed by atoms with Gasteiger partial charge in [0.15, 0.2) is 0 Å². The van der Waals surface area contributed by atoms with E-state index in [1.54, 1.807) is 0 Å². The number of nitrogens with zero attached hydrogens (tertiary/aromatic N) is 2. The van der Waals surface area contributed by atoms with Crippen molar-refractivity contribution in [3.63, 3.8) is 0 Å². The van der Waals surface area contributed by atoms with Gasteiger partial charge in [0.05, 0.1) is 0 Å². The van der Waals surface area contributed by atoms with Crippen molar-refractivity contribution < 1.29 is 0 Å². The van der Waals surface area contributed by atoms with Crippen molar-refractivity contribution in [2.24, 2.45) is 0 Å². The maximum absolute atomic E-state index is 2.57. The van der Waals surface area contributed by atoms with Gasteiger partial charge in [-0.1, -0.05) is 30.3 Å². The van der Waals surface area contributed by atoms with Gasteiger partial charge in [-0.15, -0.1) is 11.3 Å². The van der Waals surface area contributed by atoms with Crippen LogP contribution in [0, 0.1) is 6.92 Å². The van der Waals surface area contributed by atoms with Gasteiger partial charge < -0.3 is 0 Å². The summed E-state index contributed by atoms with van der Waals surface area (Å²) in [6.07, 6.45) is 0. The van der Waals surface area contributed by atoms with Gasteiger partial charge in [-0.2, -0.15) is 0 Å². The molecule has 2 aromatic rings. The van der Waals surface area contributed by atoms with Gasteiger partial charge in [0.1, 0.15) is 0 Å². The second-order valence-corrected chi connectivity index (χ2v) is 6.72. The van der Waals surface area contributed by atoms with E-state index in [0.29, 0.717) is 0 Å². The molecule has 2 nitrogen and oxygen atoms in total. The molecule has 1 aliphatic heterocycles. The molecule has 1 aliphatic rings. The standard InChI is InChI=1S/C17H22N2S/c1-15-11-17(14-20-15)13-19-9-7-18(8-10-19)12-16-5-3-2-4-6-16/h2-6,11,14H,7-10,12-13H2,1H3. The average molecular weight is 286 g/mol. The van der Waals surface area contributed by atoms with E-state index in [0.717, 1.165) is 13.1 Å². The molecule has 0 saturated carbocycles. The SMILES string of the molecule is Cc1cc(CN2CCN(Cc3ccccc3)CC2)cs1. The lowest BCUT2D eigenvalue weighted by Crippen LogP contribution is -2.45. The topological polar surface area (TPSA) is 6.48 Å². The number of aryl methyl sites for hydroxylation is 1. The summed E-state index contributed by atoms with van der Waals surface area (Å²) >= 11 is 1.86. The normalized spacial score (nSPS) is 17.4. The Labute approximate surface area is 125 Å². The third-order valence-electron chi connectivity index (χ3n) is 3.90. The number of rotatable bonds is 4. The third-order valence-corrected chi connectivity index (χ3v) is 4.82. The molecule has 1 aromatic carbocycles. The number of hydrogen-bond acceptors (Lipinski definition) is 3. The summed E-state index contributed by atoms with van der Waals surface area (Å²) in [7, 11) is 0. The highest BCUT2D eigenvalue weighted by atomic mass is 32.1. The summed E-state index contributed by atoms with van der Waals surface area (Å²) in [6, 6.07) is 13.1. The van der Waals surface area contributed by atoms with Crippen molar-refractivity contribution in [2.75, 3.05) is 26.2 Å². The summed E-state index contributed by atoms with van der Waals surface area (Å²) in [4.78, 5) is 6.55. The van der Waals surface area contributed by atoms with E-state index in [4.69, 9.17) is 0 Å². The van der Waals surface area contributed by atoms with Crippen LogP contribution in [0.1, 0.15) is 16.0 Å². The van der Waals surface area contributed by atoms with Gasteiger partial charge in [-0.25, -0.2) is 0 Å². The first-order chi connectivity index (χ1) is 9.79. The Morgan fingerprint density at radius 1 is 0.900 bits per heavy atom. The molecular formula is C17H22N2S. The summed E-state index contributed by atoms with van der Waals surface area (Å²) in [5.74, 6) is 0. The van der Waals surface area contributed by atoms with Crippen molar-refractivity contribution in [3.05, 3.63) is 57.8 Å². The highest BCUT2D eigenvalue weighted by Crippen LogP contribution is 2.16. The fourth-order valence-electron chi connectivity index (χ4n) is 2.79. The van der Waals surface area contributed by atoms with Crippen LogP contribution in [0.15, 0.2) is 41.8 Å². The first-order valence-electron chi connectivity index (χ1n) is 7.32. The number of benzene rings is 1. The minimum atomic E-state index is 1.09. The van der Waals surface area contributed by atoms with E-state index in [2.05, 4.69) is 58.5 Å². The van der Waals surface area contributed by atoms with Crippen molar-refractivity contribution in [1.82, 2.24) is 9.80 Å². The van der Waals surface area contributed by atoms with Crippen LogP contribution in [0.4, 0.5) is 0 Å². The lowest BCUT2D eigenvalue weighted by atomic mass is 10.2. The van der Waals surface area contributed by atoms with Crippen LogP contribution in [-0.4, -0.2) is 36.0 Å². The zero-order valence-corrected chi connectivity index (χ0v) is 12.9. The largest absolute Gasteiger partial charge is 0.297 e. The zero-order valence-electron chi connectivity index (χ0n) is 12.1. The van der Waals surface area contributed by atoms with Gasteiger partial charge in [-0.05, 0) is 29.5 Å². The summed E-state index contributed by atoms with van der Waals surface area (Å²) in [5.41, 5.74) is 2.90. The van der Waals surface area contributed by atoms with E-state index < -0.39 is 0 Å². The second-order valence-electron chi connectivity index (χ2n) is 5.60. The lowest BCUT2D eigenvalue weighted by Gasteiger charge is -2.34. The Hall–Kier alpha value is -1.16. The van der Waals surface area contributed by atoms with Crippen LogP contribution in [-0.2, 0) is 13.1 Å². The maximum Gasteiger partial charge on any atom is 0.0243 e. The Morgan fingerprint density at radius 2 is 1.50 bits per heavy atom. The molecule has 0 atom stereocenters. The molecule has 0 radical (unpaired) electrons. The van der Waals surface area contributed by atoms with Crippen molar-refractivity contribution in [1.29, 1.82) is 0 Å². The first-order valence-corrected chi connectivity index (χ1v) is 8.20.